The molecule has 0 saturated heterocycles. The number of hydrogen-bond acceptors (Lipinski definition) is 4. The molecule has 1 unspecified atom stereocenters. The first-order valence-electron chi connectivity index (χ1n) is 9.49. The van der Waals surface area contributed by atoms with Gasteiger partial charge in [0.25, 0.3) is 0 Å². The maximum Gasteiger partial charge on any atom is 0.431 e. The molecule has 2 aliphatic rings. The summed E-state index contributed by atoms with van der Waals surface area (Å²) in [5.74, 6) is 0.394. The zero-order chi connectivity index (χ0) is 20.2. The molecule has 1 atom stereocenters. The maximum atomic E-state index is 13.8. The Hall–Kier alpha value is -2.84. The monoisotopic (exact) mass is 406 g/mol. The van der Waals surface area contributed by atoms with Crippen LogP contribution in [0, 0.1) is 5.82 Å². The summed E-state index contributed by atoms with van der Waals surface area (Å²) in [4.78, 5) is 10.4. The van der Waals surface area contributed by atoms with Crippen LogP contribution >= 0.6 is 0 Å². The standard InChI is InChI=1S/C20H18F4N4O/c21-11-3-4-12-14(9-19(5-1-2-6-19)29-15(12)7-11)27-17-13-8-16(20(22,23)24)28-18(13)26-10-25-17/h3-4,7-8,10,14H,1-2,5-6,9H2,(H2,25,26,27,28). The minimum atomic E-state index is -4.51. The van der Waals surface area contributed by atoms with Crippen molar-refractivity contribution in [2.75, 3.05) is 5.32 Å². The Balaban J connectivity index is 1.55. The summed E-state index contributed by atoms with van der Waals surface area (Å²) in [5.41, 5.74) is -0.392. The second kappa shape index (κ2) is 6.33. The molecule has 1 saturated carbocycles. The molecule has 29 heavy (non-hydrogen) atoms. The van der Waals surface area contributed by atoms with Gasteiger partial charge in [-0.1, -0.05) is 6.07 Å². The van der Waals surface area contributed by atoms with Gasteiger partial charge >= 0.3 is 6.18 Å². The van der Waals surface area contributed by atoms with Crippen LogP contribution in [0.1, 0.15) is 49.4 Å². The van der Waals surface area contributed by atoms with Crippen LogP contribution in [-0.4, -0.2) is 20.6 Å². The van der Waals surface area contributed by atoms with Gasteiger partial charge in [-0.3, -0.25) is 0 Å². The minimum absolute atomic E-state index is 0.108. The highest BCUT2D eigenvalue weighted by atomic mass is 19.4. The summed E-state index contributed by atoms with van der Waals surface area (Å²) >= 11 is 0. The van der Waals surface area contributed by atoms with Gasteiger partial charge in [0, 0.05) is 18.1 Å². The van der Waals surface area contributed by atoms with Crippen molar-refractivity contribution < 1.29 is 22.3 Å². The van der Waals surface area contributed by atoms with E-state index >= 15 is 0 Å². The Morgan fingerprint density at radius 3 is 2.69 bits per heavy atom. The van der Waals surface area contributed by atoms with Gasteiger partial charge in [0.15, 0.2) is 0 Å². The number of H-pyrrole nitrogens is 1. The van der Waals surface area contributed by atoms with Gasteiger partial charge in [-0.25, -0.2) is 14.4 Å². The van der Waals surface area contributed by atoms with Gasteiger partial charge in [-0.15, -0.1) is 0 Å². The van der Waals surface area contributed by atoms with Crippen molar-refractivity contribution in [1.29, 1.82) is 0 Å². The van der Waals surface area contributed by atoms with Crippen molar-refractivity contribution in [2.45, 2.75) is 49.9 Å². The molecule has 1 aliphatic carbocycles. The van der Waals surface area contributed by atoms with E-state index in [1.54, 1.807) is 6.07 Å². The van der Waals surface area contributed by atoms with Crippen molar-refractivity contribution >= 4 is 16.9 Å². The molecule has 1 aliphatic heterocycles. The normalized spacial score (nSPS) is 20.6. The second-order valence-corrected chi connectivity index (χ2v) is 7.74. The van der Waals surface area contributed by atoms with Crippen molar-refractivity contribution in [3.63, 3.8) is 0 Å². The highest BCUT2D eigenvalue weighted by Gasteiger charge is 2.43. The van der Waals surface area contributed by atoms with E-state index in [2.05, 4.69) is 20.3 Å². The number of nitrogens with zero attached hydrogens (tertiary/aromatic N) is 2. The molecule has 3 heterocycles. The van der Waals surface area contributed by atoms with E-state index in [0.29, 0.717) is 18.0 Å². The first-order chi connectivity index (χ1) is 13.8. The number of anilines is 1. The van der Waals surface area contributed by atoms with Gasteiger partial charge in [0.2, 0.25) is 0 Å². The van der Waals surface area contributed by atoms with Gasteiger partial charge in [-0.2, -0.15) is 13.2 Å². The number of halogens is 4. The summed E-state index contributed by atoms with van der Waals surface area (Å²) in [7, 11) is 0. The molecule has 152 valence electrons. The average molecular weight is 406 g/mol. The van der Waals surface area contributed by atoms with E-state index in [9.17, 15) is 17.6 Å². The number of benzene rings is 1. The van der Waals surface area contributed by atoms with Crippen LogP contribution in [0.15, 0.2) is 30.6 Å². The van der Waals surface area contributed by atoms with Gasteiger partial charge < -0.3 is 15.0 Å². The van der Waals surface area contributed by atoms with Crippen molar-refractivity contribution in [1.82, 2.24) is 15.0 Å². The molecule has 2 N–H and O–H groups in total. The Labute approximate surface area is 163 Å². The smallest absolute Gasteiger partial charge is 0.431 e. The Morgan fingerprint density at radius 2 is 1.93 bits per heavy atom. The van der Waals surface area contributed by atoms with Crippen LogP contribution in [0.3, 0.4) is 0 Å². The fraction of sp³-hybridized carbons (Fsp3) is 0.400. The zero-order valence-electron chi connectivity index (χ0n) is 15.3. The van der Waals surface area contributed by atoms with Crippen LogP contribution < -0.4 is 10.1 Å². The molecule has 5 rings (SSSR count). The van der Waals surface area contributed by atoms with Crippen molar-refractivity contribution in [2.24, 2.45) is 0 Å². The number of aromatic nitrogens is 3. The van der Waals surface area contributed by atoms with Gasteiger partial charge in [0.05, 0.1) is 11.4 Å². The molecule has 0 amide bonds. The van der Waals surface area contributed by atoms with E-state index in [0.717, 1.165) is 37.3 Å². The molecule has 0 bridgehead atoms. The number of nitrogens with one attached hydrogen (secondary N) is 2. The summed E-state index contributed by atoms with van der Waals surface area (Å²) in [6, 6.07) is 5.13. The quantitative estimate of drug-likeness (QED) is 0.562. The zero-order valence-corrected chi connectivity index (χ0v) is 15.3. The first-order valence-corrected chi connectivity index (χ1v) is 9.49. The lowest BCUT2D eigenvalue weighted by Crippen LogP contribution is -2.40. The van der Waals surface area contributed by atoms with E-state index in [1.807, 2.05) is 0 Å². The molecule has 1 fully saturated rings. The number of fused-ring (bicyclic) bond motifs is 2. The van der Waals surface area contributed by atoms with Crippen LogP contribution in [-0.2, 0) is 6.18 Å². The number of aromatic amines is 1. The molecule has 3 aromatic rings. The van der Waals surface area contributed by atoms with E-state index in [4.69, 9.17) is 4.74 Å². The fourth-order valence-corrected chi connectivity index (χ4v) is 4.47. The Kier molecular flexibility index (Phi) is 3.97. The molecule has 2 aromatic heterocycles. The number of alkyl halides is 3. The van der Waals surface area contributed by atoms with Crippen LogP contribution in [0.4, 0.5) is 23.4 Å². The topological polar surface area (TPSA) is 62.8 Å². The predicted octanol–water partition coefficient (Wildman–Crippen LogP) is 5.36. The van der Waals surface area contributed by atoms with E-state index in [1.165, 1.54) is 18.5 Å². The lowest BCUT2D eigenvalue weighted by Gasteiger charge is -2.40. The molecule has 9 heteroatoms. The highest BCUT2D eigenvalue weighted by Crippen LogP contribution is 2.48. The lowest BCUT2D eigenvalue weighted by atomic mass is 9.86. The molecular weight excluding hydrogens is 388 g/mol. The predicted molar refractivity (Wildman–Crippen MR) is 98.1 cm³/mol. The third-order valence-corrected chi connectivity index (χ3v) is 5.81. The SMILES string of the molecule is Fc1ccc2c(c1)OC1(CCCC1)CC2Nc1ncnc2[nH]c(C(F)(F)F)cc12. The van der Waals surface area contributed by atoms with Crippen LogP contribution in [0.25, 0.3) is 11.0 Å². The molecule has 5 nitrogen and oxygen atoms in total. The summed E-state index contributed by atoms with van der Waals surface area (Å²) < 4.78 is 59.3. The molecular formula is C20H18F4N4O. The summed E-state index contributed by atoms with van der Waals surface area (Å²) in [6.07, 6.45) is 1.13. The molecule has 1 aromatic carbocycles. The molecule has 0 radical (unpaired) electrons. The Bertz CT molecular complexity index is 1070. The van der Waals surface area contributed by atoms with Crippen molar-refractivity contribution in [3.05, 3.63) is 47.7 Å². The minimum Gasteiger partial charge on any atom is -0.487 e. The van der Waals surface area contributed by atoms with E-state index in [-0.39, 0.29) is 28.5 Å². The third-order valence-electron chi connectivity index (χ3n) is 5.81. The first kappa shape index (κ1) is 18.2. The number of ether oxygens (including phenoxy) is 1. The van der Waals surface area contributed by atoms with Crippen LogP contribution in [0.2, 0.25) is 0 Å². The summed E-state index contributed by atoms with van der Waals surface area (Å²) in [6.45, 7) is 0. The average Bonchev–Trinajstić information content (AvgIpc) is 3.29. The highest BCUT2D eigenvalue weighted by molar-refractivity contribution is 5.88. The van der Waals surface area contributed by atoms with Crippen LogP contribution in [0.5, 0.6) is 5.75 Å². The molecule has 1 spiro atoms. The summed E-state index contributed by atoms with van der Waals surface area (Å²) in [5, 5.41) is 3.53. The fourth-order valence-electron chi connectivity index (χ4n) is 4.47. The largest absolute Gasteiger partial charge is 0.487 e. The lowest BCUT2D eigenvalue weighted by molar-refractivity contribution is -0.140. The third kappa shape index (κ3) is 3.18. The van der Waals surface area contributed by atoms with Gasteiger partial charge in [0.1, 0.15) is 40.7 Å². The van der Waals surface area contributed by atoms with Gasteiger partial charge in [-0.05, 0) is 37.8 Å². The number of hydrogen-bond donors (Lipinski definition) is 2. The Morgan fingerprint density at radius 1 is 1.14 bits per heavy atom. The maximum absolute atomic E-state index is 13.8. The number of rotatable bonds is 2. The van der Waals surface area contributed by atoms with E-state index < -0.39 is 11.9 Å². The van der Waals surface area contributed by atoms with Crippen molar-refractivity contribution in [3.8, 4) is 5.75 Å². The second-order valence-electron chi connectivity index (χ2n) is 7.74.